The standard InChI is InChI=1S/C21H30N2O2/c1-2-17-12-6-7-14-23(17)21(25)19-15-18(19)20(24)22-13-8-11-16-9-4-3-5-10-16/h3-5,9-10,17-19H,2,6-8,11-15H2,1H3,(H,22,24). The van der Waals surface area contributed by atoms with Gasteiger partial charge in [0.1, 0.15) is 0 Å². The van der Waals surface area contributed by atoms with Gasteiger partial charge in [0, 0.05) is 19.1 Å². The molecule has 2 aliphatic rings. The fraction of sp³-hybridized carbons (Fsp3) is 0.619. The lowest BCUT2D eigenvalue weighted by molar-refractivity contribution is -0.138. The number of benzene rings is 1. The van der Waals surface area contributed by atoms with E-state index in [0.29, 0.717) is 12.6 Å². The fourth-order valence-electron chi connectivity index (χ4n) is 3.97. The number of amides is 2. The highest BCUT2D eigenvalue weighted by Gasteiger charge is 2.50. The highest BCUT2D eigenvalue weighted by Crippen LogP contribution is 2.41. The monoisotopic (exact) mass is 342 g/mol. The third kappa shape index (κ3) is 4.62. The third-order valence-corrected chi connectivity index (χ3v) is 5.61. The molecule has 1 saturated heterocycles. The molecule has 0 aromatic heterocycles. The number of hydrogen-bond donors (Lipinski definition) is 1. The largest absolute Gasteiger partial charge is 0.356 e. The van der Waals surface area contributed by atoms with Gasteiger partial charge in [-0.3, -0.25) is 9.59 Å². The van der Waals surface area contributed by atoms with Gasteiger partial charge in [-0.05, 0) is 50.5 Å². The van der Waals surface area contributed by atoms with Gasteiger partial charge in [0.2, 0.25) is 11.8 Å². The number of nitrogens with one attached hydrogen (secondary N) is 1. The minimum absolute atomic E-state index is 0.0662. The molecule has 4 nitrogen and oxygen atoms in total. The molecule has 2 amide bonds. The Kier molecular flexibility index (Phi) is 6.11. The molecule has 4 heteroatoms. The summed E-state index contributed by atoms with van der Waals surface area (Å²) in [5.74, 6) is 0.123. The summed E-state index contributed by atoms with van der Waals surface area (Å²) in [7, 11) is 0. The molecule has 0 radical (unpaired) electrons. The zero-order valence-corrected chi connectivity index (χ0v) is 15.2. The summed E-state index contributed by atoms with van der Waals surface area (Å²) in [6.07, 6.45) is 7.10. The van der Waals surface area contributed by atoms with Gasteiger partial charge in [0.25, 0.3) is 0 Å². The van der Waals surface area contributed by atoms with Crippen LogP contribution in [-0.2, 0) is 16.0 Å². The van der Waals surface area contributed by atoms with Gasteiger partial charge in [0.05, 0.1) is 11.8 Å². The number of carbonyl (C=O) groups excluding carboxylic acids is 2. The topological polar surface area (TPSA) is 49.4 Å². The van der Waals surface area contributed by atoms with Crippen molar-refractivity contribution < 1.29 is 9.59 Å². The second kappa shape index (κ2) is 8.50. The van der Waals surface area contributed by atoms with E-state index >= 15 is 0 Å². The van der Waals surface area contributed by atoms with Crippen LogP contribution in [0.25, 0.3) is 0 Å². The minimum Gasteiger partial charge on any atom is -0.356 e. The molecule has 25 heavy (non-hydrogen) atoms. The molecule has 1 N–H and O–H groups in total. The number of aryl methyl sites for hydroxylation is 1. The van der Waals surface area contributed by atoms with Crippen molar-refractivity contribution in [1.82, 2.24) is 10.2 Å². The first-order chi connectivity index (χ1) is 12.2. The molecule has 2 fully saturated rings. The highest BCUT2D eigenvalue weighted by atomic mass is 16.2. The average Bonchev–Trinajstić information content (AvgIpc) is 3.46. The Balaban J connectivity index is 1.39. The number of nitrogens with zero attached hydrogens (tertiary/aromatic N) is 1. The Hall–Kier alpha value is -1.84. The summed E-state index contributed by atoms with van der Waals surface area (Å²) in [6.45, 7) is 3.71. The maximum atomic E-state index is 12.7. The van der Waals surface area contributed by atoms with Crippen molar-refractivity contribution >= 4 is 11.8 Å². The quantitative estimate of drug-likeness (QED) is 0.774. The lowest BCUT2D eigenvalue weighted by Crippen LogP contribution is -2.44. The van der Waals surface area contributed by atoms with Gasteiger partial charge < -0.3 is 10.2 Å². The minimum atomic E-state index is -0.0938. The number of likely N-dealkylation sites (tertiary alicyclic amines) is 1. The SMILES string of the molecule is CCC1CCCCN1C(=O)C1CC1C(=O)NCCCc1ccccc1. The maximum absolute atomic E-state index is 12.7. The second-order valence-corrected chi connectivity index (χ2v) is 7.42. The molecule has 3 atom stereocenters. The zero-order chi connectivity index (χ0) is 17.6. The molecular formula is C21H30N2O2. The van der Waals surface area contributed by atoms with Gasteiger partial charge in [-0.2, -0.15) is 0 Å². The van der Waals surface area contributed by atoms with E-state index in [4.69, 9.17) is 0 Å². The summed E-state index contributed by atoms with van der Waals surface area (Å²) < 4.78 is 0. The van der Waals surface area contributed by atoms with E-state index in [1.54, 1.807) is 0 Å². The normalized spacial score (nSPS) is 25.5. The lowest BCUT2D eigenvalue weighted by atomic mass is 9.99. The Morgan fingerprint density at radius 2 is 1.96 bits per heavy atom. The summed E-state index contributed by atoms with van der Waals surface area (Å²) in [5.41, 5.74) is 1.30. The van der Waals surface area contributed by atoms with Crippen LogP contribution in [0.5, 0.6) is 0 Å². The Morgan fingerprint density at radius 3 is 2.72 bits per heavy atom. The molecule has 1 aliphatic heterocycles. The van der Waals surface area contributed by atoms with Crippen LogP contribution >= 0.6 is 0 Å². The van der Waals surface area contributed by atoms with Crippen LogP contribution in [0.3, 0.4) is 0 Å². The summed E-state index contributed by atoms with van der Waals surface area (Å²) in [6, 6.07) is 10.7. The first kappa shape index (κ1) is 18.0. The zero-order valence-electron chi connectivity index (χ0n) is 15.2. The van der Waals surface area contributed by atoms with Gasteiger partial charge >= 0.3 is 0 Å². The molecule has 3 unspecified atom stereocenters. The molecule has 3 rings (SSSR count). The molecule has 1 heterocycles. The van der Waals surface area contributed by atoms with Crippen molar-refractivity contribution in [2.24, 2.45) is 11.8 Å². The number of rotatable bonds is 7. The van der Waals surface area contributed by atoms with Crippen molar-refractivity contribution in [3.05, 3.63) is 35.9 Å². The predicted molar refractivity (Wildman–Crippen MR) is 99.0 cm³/mol. The average molecular weight is 342 g/mol. The van der Waals surface area contributed by atoms with E-state index in [1.165, 1.54) is 12.0 Å². The smallest absolute Gasteiger partial charge is 0.226 e. The molecule has 1 saturated carbocycles. The molecule has 0 bridgehead atoms. The molecule has 1 aromatic carbocycles. The molecule has 136 valence electrons. The van der Waals surface area contributed by atoms with Crippen LogP contribution in [-0.4, -0.2) is 35.8 Å². The molecular weight excluding hydrogens is 312 g/mol. The van der Waals surface area contributed by atoms with Crippen LogP contribution in [0.1, 0.15) is 51.0 Å². The molecule has 1 aliphatic carbocycles. The van der Waals surface area contributed by atoms with Gasteiger partial charge in [0.15, 0.2) is 0 Å². The van der Waals surface area contributed by atoms with Crippen molar-refractivity contribution in [2.45, 2.75) is 57.9 Å². The van der Waals surface area contributed by atoms with E-state index in [2.05, 4.69) is 29.3 Å². The summed E-state index contributed by atoms with van der Waals surface area (Å²) in [4.78, 5) is 27.0. The Morgan fingerprint density at radius 1 is 1.16 bits per heavy atom. The van der Waals surface area contributed by atoms with E-state index in [1.807, 2.05) is 18.2 Å². The molecule has 1 aromatic rings. The molecule has 0 spiro atoms. The van der Waals surface area contributed by atoms with E-state index in [-0.39, 0.29) is 23.7 Å². The third-order valence-electron chi connectivity index (χ3n) is 5.61. The van der Waals surface area contributed by atoms with E-state index < -0.39 is 0 Å². The van der Waals surface area contributed by atoms with Crippen molar-refractivity contribution in [1.29, 1.82) is 0 Å². The Labute approximate surface area is 151 Å². The first-order valence-corrected chi connectivity index (χ1v) is 9.82. The van der Waals surface area contributed by atoms with Gasteiger partial charge in [-0.1, -0.05) is 37.3 Å². The van der Waals surface area contributed by atoms with Crippen LogP contribution in [0.4, 0.5) is 0 Å². The predicted octanol–water partition coefficient (Wildman–Crippen LogP) is 3.16. The summed E-state index contributed by atoms with van der Waals surface area (Å²) in [5, 5.41) is 3.02. The van der Waals surface area contributed by atoms with Crippen molar-refractivity contribution in [3.63, 3.8) is 0 Å². The maximum Gasteiger partial charge on any atom is 0.226 e. The highest BCUT2D eigenvalue weighted by molar-refractivity contribution is 5.92. The second-order valence-electron chi connectivity index (χ2n) is 7.42. The number of carbonyl (C=O) groups is 2. The van der Waals surface area contributed by atoms with Crippen LogP contribution < -0.4 is 5.32 Å². The van der Waals surface area contributed by atoms with E-state index in [9.17, 15) is 9.59 Å². The van der Waals surface area contributed by atoms with Crippen molar-refractivity contribution in [2.75, 3.05) is 13.1 Å². The van der Waals surface area contributed by atoms with Crippen LogP contribution in [0.2, 0.25) is 0 Å². The van der Waals surface area contributed by atoms with Crippen molar-refractivity contribution in [3.8, 4) is 0 Å². The fourth-order valence-corrected chi connectivity index (χ4v) is 3.97. The lowest BCUT2D eigenvalue weighted by Gasteiger charge is -2.35. The number of piperidine rings is 1. The number of hydrogen-bond acceptors (Lipinski definition) is 2. The van der Waals surface area contributed by atoms with Crippen LogP contribution in [0.15, 0.2) is 30.3 Å². The first-order valence-electron chi connectivity index (χ1n) is 9.82. The summed E-state index contributed by atoms with van der Waals surface area (Å²) >= 11 is 0. The Bertz CT molecular complexity index is 587. The van der Waals surface area contributed by atoms with E-state index in [0.717, 1.165) is 45.1 Å². The van der Waals surface area contributed by atoms with Gasteiger partial charge in [-0.15, -0.1) is 0 Å². The van der Waals surface area contributed by atoms with Crippen LogP contribution in [0, 0.1) is 11.8 Å². The van der Waals surface area contributed by atoms with Gasteiger partial charge in [-0.25, -0.2) is 0 Å².